The van der Waals surface area contributed by atoms with Crippen molar-refractivity contribution in [3.63, 3.8) is 0 Å². The first-order valence-corrected chi connectivity index (χ1v) is 10.7. The average Bonchev–Trinajstić information content (AvgIpc) is 3.31. The number of nitrogens with zero attached hydrogens (tertiary/aromatic N) is 3. The lowest BCUT2D eigenvalue weighted by atomic mass is 10.1. The van der Waals surface area contributed by atoms with Crippen LogP contribution in [0.15, 0.2) is 52.4 Å². The Labute approximate surface area is 192 Å². The van der Waals surface area contributed by atoms with Gasteiger partial charge < -0.3 is 20.2 Å². The number of hydrogen-bond donors (Lipinski definition) is 2. The Morgan fingerprint density at radius 2 is 1.97 bits per heavy atom. The fraction of sp³-hybridized carbons (Fsp3) is 0.227. The van der Waals surface area contributed by atoms with Crippen LogP contribution in [0.3, 0.4) is 0 Å². The first-order valence-electron chi connectivity index (χ1n) is 9.96. The number of benzene rings is 2. The minimum atomic E-state index is -0.586. The maximum atomic E-state index is 14.0. The topological polar surface area (TPSA) is 80.7 Å². The quantitative estimate of drug-likeness (QED) is 0.471. The molecule has 0 radical (unpaired) electrons. The third-order valence-electron chi connectivity index (χ3n) is 4.75. The summed E-state index contributed by atoms with van der Waals surface area (Å²) in [7, 11) is 0. The molecule has 10 heteroatoms. The highest BCUT2D eigenvalue weighted by Gasteiger charge is 2.17. The van der Waals surface area contributed by atoms with Crippen molar-refractivity contribution in [1.29, 1.82) is 0 Å². The molecule has 2 N–H and O–H groups in total. The molecule has 0 unspecified atom stereocenters. The van der Waals surface area contributed by atoms with Crippen LogP contribution in [0.25, 0.3) is 11.3 Å². The third kappa shape index (κ3) is 4.96. The van der Waals surface area contributed by atoms with E-state index in [1.54, 1.807) is 6.07 Å². The van der Waals surface area contributed by atoms with E-state index >= 15 is 0 Å². The van der Waals surface area contributed by atoms with E-state index in [2.05, 4.69) is 41.7 Å². The van der Waals surface area contributed by atoms with Gasteiger partial charge in [0.2, 0.25) is 0 Å². The minimum Gasteiger partial charge on any atom is -0.493 e. The molecule has 2 heterocycles. The number of halogens is 3. The molecule has 1 aliphatic rings. The Morgan fingerprint density at radius 3 is 2.69 bits per heavy atom. The molecule has 7 nitrogen and oxygen atoms in total. The summed E-state index contributed by atoms with van der Waals surface area (Å²) in [5.74, 6) is 0.633. The molecule has 4 rings (SSSR count). The molecule has 0 aliphatic carbocycles. The smallest absolute Gasteiger partial charge is 0.188 e. The van der Waals surface area contributed by atoms with E-state index in [1.165, 1.54) is 18.5 Å². The van der Waals surface area contributed by atoms with Crippen LogP contribution in [0.2, 0.25) is 0 Å². The summed E-state index contributed by atoms with van der Waals surface area (Å²) < 4.78 is 34.2. The van der Waals surface area contributed by atoms with Crippen molar-refractivity contribution in [3.8, 4) is 17.0 Å². The standard InChI is InChI=1S/C22H20BrF2N5O2/c1-2-31-20-7-13(3-4-16(20)22-29-12-32-30-22)19-10-21(28-11-27-19)26-6-5-15-17(24)8-14(23)9-18(15)25/h3-4,7-11H,2,5-6,12H2,1H3,(H,29,30)(H,26,27,28). The average molecular weight is 504 g/mol. The highest BCUT2D eigenvalue weighted by atomic mass is 79.9. The lowest BCUT2D eigenvalue weighted by Gasteiger charge is -2.12. The van der Waals surface area contributed by atoms with Crippen LogP contribution >= 0.6 is 15.9 Å². The second-order valence-electron chi connectivity index (χ2n) is 6.85. The summed E-state index contributed by atoms with van der Waals surface area (Å²) in [6.07, 6.45) is 1.60. The zero-order valence-corrected chi connectivity index (χ0v) is 18.7. The van der Waals surface area contributed by atoms with Gasteiger partial charge in [0.25, 0.3) is 0 Å². The molecule has 166 valence electrons. The molecule has 1 aromatic heterocycles. The second-order valence-corrected chi connectivity index (χ2v) is 7.76. The number of rotatable bonds is 8. The number of nitrogens with one attached hydrogen (secondary N) is 2. The zero-order chi connectivity index (χ0) is 22.5. The van der Waals surface area contributed by atoms with E-state index in [9.17, 15) is 8.78 Å². The van der Waals surface area contributed by atoms with Gasteiger partial charge in [0, 0.05) is 28.2 Å². The molecule has 0 saturated heterocycles. The summed E-state index contributed by atoms with van der Waals surface area (Å²) >= 11 is 3.08. The van der Waals surface area contributed by atoms with E-state index in [0.717, 1.165) is 11.1 Å². The maximum Gasteiger partial charge on any atom is 0.188 e. The molecule has 3 aromatic rings. The molecule has 0 fully saturated rings. The second kappa shape index (κ2) is 9.90. The van der Waals surface area contributed by atoms with Gasteiger partial charge in [0.05, 0.1) is 17.9 Å². The molecule has 0 bridgehead atoms. The number of oxime groups is 1. The highest BCUT2D eigenvalue weighted by Crippen LogP contribution is 2.28. The van der Waals surface area contributed by atoms with Crippen LogP contribution in [0.4, 0.5) is 14.6 Å². The van der Waals surface area contributed by atoms with Crippen molar-refractivity contribution in [1.82, 2.24) is 15.3 Å². The highest BCUT2D eigenvalue weighted by molar-refractivity contribution is 9.10. The van der Waals surface area contributed by atoms with Gasteiger partial charge in [-0.2, -0.15) is 0 Å². The maximum absolute atomic E-state index is 14.0. The SMILES string of the molecule is CCOc1cc(-c2cc(NCCc3c(F)cc(Br)cc3F)ncn2)ccc1C1=NOCN1. The van der Waals surface area contributed by atoms with Crippen molar-refractivity contribution in [2.45, 2.75) is 13.3 Å². The van der Waals surface area contributed by atoms with Gasteiger partial charge in [0.1, 0.15) is 29.5 Å². The fourth-order valence-electron chi connectivity index (χ4n) is 3.26. The molecule has 0 atom stereocenters. The Bertz CT molecular complexity index is 1140. The Kier molecular flexibility index (Phi) is 6.79. The summed E-state index contributed by atoms with van der Waals surface area (Å²) in [6.45, 7) is 3.02. The largest absolute Gasteiger partial charge is 0.493 e. The number of hydrogen-bond acceptors (Lipinski definition) is 7. The third-order valence-corrected chi connectivity index (χ3v) is 5.20. The van der Waals surface area contributed by atoms with E-state index in [1.807, 2.05) is 25.1 Å². The molecule has 32 heavy (non-hydrogen) atoms. The number of aromatic nitrogens is 2. The number of amidine groups is 1. The van der Waals surface area contributed by atoms with Crippen LogP contribution in [0, 0.1) is 11.6 Å². The first-order chi connectivity index (χ1) is 15.5. The Morgan fingerprint density at radius 1 is 1.16 bits per heavy atom. The normalized spacial score (nSPS) is 12.7. The predicted octanol–water partition coefficient (Wildman–Crippen LogP) is 4.48. The summed E-state index contributed by atoms with van der Waals surface area (Å²) in [4.78, 5) is 13.5. The molecule has 0 spiro atoms. The lowest BCUT2D eigenvalue weighted by Crippen LogP contribution is -2.20. The molecular formula is C22H20BrF2N5O2. The summed E-state index contributed by atoms with van der Waals surface area (Å²) in [5, 5.41) is 10.1. The van der Waals surface area contributed by atoms with Crippen LogP contribution in [-0.4, -0.2) is 35.7 Å². The van der Waals surface area contributed by atoms with Gasteiger partial charge in [-0.15, -0.1) is 0 Å². The predicted molar refractivity (Wildman–Crippen MR) is 121 cm³/mol. The number of anilines is 1. The van der Waals surface area contributed by atoms with Crippen molar-refractivity contribution in [2.24, 2.45) is 5.16 Å². The Balaban J connectivity index is 1.50. The summed E-state index contributed by atoms with van der Waals surface area (Å²) in [5.41, 5.74) is 2.32. The van der Waals surface area contributed by atoms with Gasteiger partial charge in [-0.25, -0.2) is 18.7 Å². The molecule has 0 saturated carbocycles. The monoisotopic (exact) mass is 503 g/mol. The van der Waals surface area contributed by atoms with Crippen LogP contribution in [0.5, 0.6) is 5.75 Å². The van der Waals surface area contributed by atoms with Gasteiger partial charge in [-0.05, 0) is 37.6 Å². The first kappa shape index (κ1) is 21.9. The van der Waals surface area contributed by atoms with Gasteiger partial charge >= 0.3 is 0 Å². The van der Waals surface area contributed by atoms with Crippen molar-refractivity contribution < 1.29 is 18.4 Å². The molecule has 2 aromatic carbocycles. The zero-order valence-electron chi connectivity index (χ0n) is 17.2. The van der Waals surface area contributed by atoms with Gasteiger partial charge in [-0.3, -0.25) is 0 Å². The van der Waals surface area contributed by atoms with Gasteiger partial charge in [0.15, 0.2) is 12.6 Å². The molecular weight excluding hydrogens is 484 g/mol. The van der Waals surface area contributed by atoms with E-state index in [4.69, 9.17) is 9.57 Å². The van der Waals surface area contributed by atoms with Crippen molar-refractivity contribution in [2.75, 3.05) is 25.2 Å². The fourth-order valence-corrected chi connectivity index (χ4v) is 3.67. The Hall–Kier alpha value is -3.27. The van der Waals surface area contributed by atoms with Crippen molar-refractivity contribution in [3.05, 3.63) is 70.0 Å². The number of ether oxygens (including phenoxy) is 1. The molecule has 1 aliphatic heterocycles. The van der Waals surface area contributed by atoms with Crippen LogP contribution in [0.1, 0.15) is 18.1 Å². The minimum absolute atomic E-state index is 0.0272. The van der Waals surface area contributed by atoms with Crippen LogP contribution in [-0.2, 0) is 11.3 Å². The van der Waals surface area contributed by atoms with E-state index in [-0.39, 0.29) is 12.0 Å². The summed E-state index contributed by atoms with van der Waals surface area (Å²) in [6, 6.07) is 9.93. The lowest BCUT2D eigenvalue weighted by molar-refractivity contribution is 0.164. The van der Waals surface area contributed by atoms with Crippen molar-refractivity contribution >= 4 is 27.6 Å². The molecule has 0 amide bonds. The van der Waals surface area contributed by atoms with E-state index in [0.29, 0.717) is 47.5 Å². The van der Waals surface area contributed by atoms with E-state index < -0.39 is 11.6 Å². The van der Waals surface area contributed by atoms with Gasteiger partial charge in [-0.1, -0.05) is 27.2 Å². The van der Waals surface area contributed by atoms with Crippen LogP contribution < -0.4 is 15.4 Å².